The monoisotopic (exact) mass is 326 g/mol. The molecule has 0 saturated heterocycles. The number of carbonyl (C=O) groups is 1. The number of nitrogens with two attached hydrogens (primary N) is 1. The van der Waals surface area contributed by atoms with Crippen LogP contribution in [0.4, 0.5) is 24.5 Å². The Morgan fingerprint density at radius 3 is 2.52 bits per heavy atom. The van der Waals surface area contributed by atoms with Gasteiger partial charge in [0.1, 0.15) is 11.5 Å². The minimum atomic E-state index is -4.80. The van der Waals surface area contributed by atoms with E-state index in [2.05, 4.69) is 10.1 Å². The Bertz CT molecular complexity index is 717. The summed E-state index contributed by atoms with van der Waals surface area (Å²) in [5.41, 5.74) is 6.38. The van der Waals surface area contributed by atoms with E-state index in [1.165, 1.54) is 37.4 Å². The van der Waals surface area contributed by atoms with Gasteiger partial charge in [0.15, 0.2) is 0 Å². The molecule has 1 amide bonds. The fourth-order valence-electron chi connectivity index (χ4n) is 1.85. The number of alkyl halides is 3. The summed E-state index contributed by atoms with van der Waals surface area (Å²) in [7, 11) is 1.44. The van der Waals surface area contributed by atoms with Crippen LogP contribution in [0.1, 0.15) is 10.4 Å². The molecular weight excluding hydrogens is 313 g/mol. The summed E-state index contributed by atoms with van der Waals surface area (Å²) in [6.45, 7) is 0. The lowest BCUT2D eigenvalue weighted by molar-refractivity contribution is -0.274. The maximum absolute atomic E-state index is 12.2. The molecule has 0 aromatic heterocycles. The number of nitrogen functional groups attached to an aromatic ring is 1. The Balaban J connectivity index is 2.14. The summed E-state index contributed by atoms with van der Waals surface area (Å²) in [5, 5.41) is 2.47. The van der Waals surface area contributed by atoms with Crippen LogP contribution < -0.4 is 20.5 Å². The number of anilines is 2. The number of hydrogen-bond donors (Lipinski definition) is 2. The van der Waals surface area contributed by atoms with E-state index in [-0.39, 0.29) is 16.9 Å². The molecule has 2 aromatic rings. The van der Waals surface area contributed by atoms with Crippen molar-refractivity contribution in [3.63, 3.8) is 0 Å². The van der Waals surface area contributed by atoms with Gasteiger partial charge in [0.25, 0.3) is 5.91 Å². The third-order valence-electron chi connectivity index (χ3n) is 2.82. The van der Waals surface area contributed by atoms with Crippen molar-refractivity contribution in [2.45, 2.75) is 6.36 Å². The highest BCUT2D eigenvalue weighted by Crippen LogP contribution is 2.26. The van der Waals surface area contributed by atoms with E-state index in [9.17, 15) is 18.0 Å². The minimum absolute atomic E-state index is 0.158. The van der Waals surface area contributed by atoms with Gasteiger partial charge in [-0.25, -0.2) is 0 Å². The van der Waals surface area contributed by atoms with Crippen molar-refractivity contribution in [1.29, 1.82) is 0 Å². The first-order valence-corrected chi connectivity index (χ1v) is 6.39. The second-order valence-corrected chi connectivity index (χ2v) is 4.49. The second kappa shape index (κ2) is 6.47. The number of benzene rings is 2. The molecule has 122 valence electrons. The van der Waals surface area contributed by atoms with E-state index >= 15 is 0 Å². The molecule has 0 fully saturated rings. The van der Waals surface area contributed by atoms with Gasteiger partial charge in [0.2, 0.25) is 0 Å². The molecule has 2 aromatic carbocycles. The topological polar surface area (TPSA) is 73.6 Å². The normalized spacial score (nSPS) is 11.0. The highest BCUT2D eigenvalue weighted by Gasteiger charge is 2.31. The highest BCUT2D eigenvalue weighted by molar-refractivity contribution is 6.05. The van der Waals surface area contributed by atoms with Crippen LogP contribution in [0, 0.1) is 0 Å². The average molecular weight is 326 g/mol. The summed E-state index contributed by atoms with van der Waals surface area (Å²) in [6, 6.07) is 9.39. The van der Waals surface area contributed by atoms with E-state index in [1.54, 1.807) is 0 Å². The van der Waals surface area contributed by atoms with Crippen LogP contribution >= 0.6 is 0 Å². The molecule has 3 N–H and O–H groups in total. The Kier molecular flexibility index (Phi) is 4.63. The Hall–Kier alpha value is -2.90. The summed E-state index contributed by atoms with van der Waals surface area (Å²) in [5.74, 6) is -0.532. The zero-order valence-electron chi connectivity index (χ0n) is 12.0. The maximum Gasteiger partial charge on any atom is 0.573 e. The Labute approximate surface area is 129 Å². The third-order valence-corrected chi connectivity index (χ3v) is 2.82. The molecule has 0 bridgehead atoms. The van der Waals surface area contributed by atoms with Gasteiger partial charge in [0.05, 0.1) is 12.8 Å². The lowest BCUT2D eigenvalue weighted by Gasteiger charge is -2.11. The number of carbonyl (C=O) groups excluding carboxylic acids is 1. The fourth-order valence-corrected chi connectivity index (χ4v) is 1.85. The second-order valence-electron chi connectivity index (χ2n) is 4.49. The predicted molar refractivity (Wildman–Crippen MR) is 78.5 cm³/mol. The van der Waals surface area contributed by atoms with E-state index in [1.807, 2.05) is 0 Å². The van der Waals surface area contributed by atoms with Crippen molar-refractivity contribution in [2.75, 3.05) is 18.2 Å². The van der Waals surface area contributed by atoms with Crippen LogP contribution in [-0.4, -0.2) is 19.4 Å². The molecule has 0 spiro atoms. The van der Waals surface area contributed by atoms with E-state index in [0.29, 0.717) is 5.75 Å². The van der Waals surface area contributed by atoms with E-state index in [0.717, 1.165) is 12.1 Å². The van der Waals surface area contributed by atoms with Gasteiger partial charge in [-0.2, -0.15) is 0 Å². The van der Waals surface area contributed by atoms with Crippen LogP contribution in [0.5, 0.6) is 11.5 Å². The zero-order valence-corrected chi connectivity index (χ0v) is 12.0. The molecule has 0 atom stereocenters. The van der Waals surface area contributed by atoms with Crippen molar-refractivity contribution >= 4 is 17.3 Å². The Morgan fingerprint density at radius 2 is 1.91 bits per heavy atom. The number of methoxy groups -OCH3 is 1. The first-order valence-electron chi connectivity index (χ1n) is 6.39. The molecule has 0 aliphatic heterocycles. The lowest BCUT2D eigenvalue weighted by Crippen LogP contribution is -2.17. The number of rotatable bonds is 4. The minimum Gasteiger partial charge on any atom is -0.495 e. The first kappa shape index (κ1) is 16.5. The van der Waals surface area contributed by atoms with Gasteiger partial charge < -0.3 is 20.5 Å². The summed E-state index contributed by atoms with van der Waals surface area (Å²) < 4.78 is 45.3. The molecule has 0 aliphatic rings. The number of nitrogens with one attached hydrogen (secondary N) is 1. The van der Waals surface area contributed by atoms with Crippen LogP contribution in [0.25, 0.3) is 0 Å². The van der Waals surface area contributed by atoms with Gasteiger partial charge in [-0.1, -0.05) is 6.07 Å². The van der Waals surface area contributed by atoms with Crippen molar-refractivity contribution in [2.24, 2.45) is 0 Å². The van der Waals surface area contributed by atoms with Gasteiger partial charge in [-0.15, -0.1) is 13.2 Å². The van der Waals surface area contributed by atoms with Gasteiger partial charge in [-0.05, 0) is 30.3 Å². The number of hydrogen-bond acceptors (Lipinski definition) is 4. The number of amides is 1. The van der Waals surface area contributed by atoms with Crippen molar-refractivity contribution in [3.8, 4) is 11.5 Å². The largest absolute Gasteiger partial charge is 0.573 e. The molecule has 0 unspecified atom stereocenters. The Morgan fingerprint density at radius 1 is 1.17 bits per heavy atom. The quantitative estimate of drug-likeness (QED) is 0.844. The molecule has 8 heteroatoms. The fraction of sp³-hybridized carbons (Fsp3) is 0.133. The first-order chi connectivity index (χ1) is 10.8. The third kappa shape index (κ3) is 4.53. The smallest absolute Gasteiger partial charge is 0.495 e. The van der Waals surface area contributed by atoms with E-state index < -0.39 is 18.0 Å². The lowest BCUT2D eigenvalue weighted by atomic mass is 10.1. The summed E-state index contributed by atoms with van der Waals surface area (Å²) in [4.78, 5) is 12.1. The van der Waals surface area contributed by atoms with Crippen molar-refractivity contribution in [3.05, 3.63) is 48.0 Å². The molecule has 0 saturated carbocycles. The molecule has 0 heterocycles. The molecule has 5 nitrogen and oxygen atoms in total. The van der Waals surface area contributed by atoms with Crippen molar-refractivity contribution < 1.29 is 27.4 Å². The van der Waals surface area contributed by atoms with E-state index in [4.69, 9.17) is 10.5 Å². The standard InChI is InChI=1S/C15H13F3N2O3/c1-22-13-6-5-9(7-12(13)19)14(21)20-10-3-2-4-11(8-10)23-15(16,17)18/h2-8H,19H2,1H3,(H,20,21). The average Bonchev–Trinajstić information content (AvgIpc) is 2.45. The number of ether oxygens (including phenoxy) is 2. The maximum atomic E-state index is 12.2. The van der Waals surface area contributed by atoms with Gasteiger partial charge >= 0.3 is 6.36 Å². The molecule has 0 radical (unpaired) electrons. The van der Waals surface area contributed by atoms with Crippen molar-refractivity contribution in [1.82, 2.24) is 0 Å². The van der Waals surface area contributed by atoms with Crippen LogP contribution in [-0.2, 0) is 0 Å². The SMILES string of the molecule is COc1ccc(C(=O)Nc2cccc(OC(F)(F)F)c2)cc1N. The molecular formula is C15H13F3N2O3. The molecule has 0 aliphatic carbocycles. The zero-order chi connectivity index (χ0) is 17.0. The predicted octanol–water partition coefficient (Wildman–Crippen LogP) is 3.43. The van der Waals surface area contributed by atoms with Gasteiger partial charge in [0, 0.05) is 17.3 Å². The summed E-state index contributed by atoms with van der Waals surface area (Å²) in [6.07, 6.45) is -4.80. The van der Waals surface area contributed by atoms with Crippen LogP contribution in [0.3, 0.4) is 0 Å². The highest BCUT2D eigenvalue weighted by atomic mass is 19.4. The van der Waals surface area contributed by atoms with Gasteiger partial charge in [-0.3, -0.25) is 4.79 Å². The molecule has 2 rings (SSSR count). The molecule has 23 heavy (non-hydrogen) atoms. The van der Waals surface area contributed by atoms with Crippen LogP contribution in [0.2, 0.25) is 0 Å². The number of halogens is 3. The summed E-state index contributed by atoms with van der Waals surface area (Å²) >= 11 is 0. The van der Waals surface area contributed by atoms with Crippen LogP contribution in [0.15, 0.2) is 42.5 Å².